The number of carbonyl (C=O) groups excluding carboxylic acids is 1. The summed E-state index contributed by atoms with van der Waals surface area (Å²) < 4.78 is 4.91. The summed E-state index contributed by atoms with van der Waals surface area (Å²) in [5.74, 6) is -0.381. The van der Waals surface area contributed by atoms with Gasteiger partial charge < -0.3 is 9.84 Å². The molecular weight excluding hydrogens is 192 g/mol. The van der Waals surface area contributed by atoms with Gasteiger partial charge in [-0.2, -0.15) is 0 Å². The van der Waals surface area contributed by atoms with E-state index in [0.29, 0.717) is 0 Å². The molecule has 82 valence electrons. The Morgan fingerprint density at radius 2 is 1.87 bits per heavy atom. The average Bonchev–Trinajstić information content (AvgIpc) is 2.17. The quantitative estimate of drug-likeness (QED) is 0.772. The number of aliphatic hydroxyl groups excluding tert-OH is 1. The van der Waals surface area contributed by atoms with Gasteiger partial charge in [-0.05, 0) is 19.4 Å². The Morgan fingerprint density at radius 3 is 2.33 bits per heavy atom. The van der Waals surface area contributed by atoms with Gasteiger partial charge in [0.05, 0.1) is 0 Å². The lowest BCUT2D eigenvalue weighted by atomic mass is 10.0. The van der Waals surface area contributed by atoms with Crippen LogP contribution < -0.4 is 0 Å². The van der Waals surface area contributed by atoms with Gasteiger partial charge >= 0.3 is 5.97 Å². The predicted octanol–water partition coefficient (Wildman–Crippen LogP) is 1.98. The van der Waals surface area contributed by atoms with Gasteiger partial charge in [-0.3, -0.25) is 4.79 Å². The number of esters is 1. The largest absolute Gasteiger partial charge is 0.460 e. The maximum atomic E-state index is 10.7. The maximum Gasteiger partial charge on any atom is 0.302 e. The van der Waals surface area contributed by atoms with Gasteiger partial charge in [-0.15, -0.1) is 0 Å². The summed E-state index contributed by atoms with van der Waals surface area (Å²) in [6.07, 6.45) is -1.29. The number of aliphatic hydroxyl groups is 1. The zero-order valence-electron chi connectivity index (χ0n) is 9.23. The van der Waals surface area contributed by atoms with Crippen LogP contribution in [0, 0.1) is 6.92 Å². The summed E-state index contributed by atoms with van der Waals surface area (Å²) in [4.78, 5) is 10.7. The highest BCUT2D eigenvalue weighted by Crippen LogP contribution is 2.19. The summed E-state index contributed by atoms with van der Waals surface area (Å²) in [6.45, 7) is 4.98. The van der Waals surface area contributed by atoms with E-state index >= 15 is 0 Å². The van der Waals surface area contributed by atoms with Gasteiger partial charge in [0.1, 0.15) is 12.2 Å². The summed E-state index contributed by atoms with van der Waals surface area (Å²) >= 11 is 0. The number of benzene rings is 1. The number of hydrogen-bond acceptors (Lipinski definition) is 3. The molecule has 3 heteroatoms. The predicted molar refractivity (Wildman–Crippen MR) is 57.4 cm³/mol. The van der Waals surface area contributed by atoms with Gasteiger partial charge in [-0.1, -0.05) is 29.8 Å². The molecule has 0 radical (unpaired) electrons. The summed E-state index contributed by atoms with van der Waals surface area (Å²) in [7, 11) is 0. The monoisotopic (exact) mass is 208 g/mol. The minimum absolute atomic E-state index is 0.381. The Hall–Kier alpha value is -1.35. The zero-order chi connectivity index (χ0) is 11.4. The molecule has 0 bridgehead atoms. The number of ether oxygens (including phenoxy) is 1. The zero-order valence-corrected chi connectivity index (χ0v) is 9.23. The van der Waals surface area contributed by atoms with E-state index < -0.39 is 12.2 Å². The molecule has 1 aromatic carbocycles. The van der Waals surface area contributed by atoms with Crippen LogP contribution in [-0.2, 0) is 9.53 Å². The molecule has 15 heavy (non-hydrogen) atoms. The lowest BCUT2D eigenvalue weighted by molar-refractivity contribution is -0.151. The molecule has 0 saturated carbocycles. The molecule has 1 rings (SSSR count). The standard InChI is InChI=1S/C12H16O3/c1-8-4-6-11(7-5-8)12(14)9(2)15-10(3)13/h4-7,9,12,14H,1-3H3/t9-,12?/m0/s1. The van der Waals surface area contributed by atoms with Crippen molar-refractivity contribution in [2.75, 3.05) is 0 Å². The van der Waals surface area contributed by atoms with Crippen LogP contribution in [0.25, 0.3) is 0 Å². The van der Waals surface area contributed by atoms with Crippen LogP contribution in [-0.4, -0.2) is 17.2 Å². The van der Waals surface area contributed by atoms with Crippen LogP contribution in [0.4, 0.5) is 0 Å². The third-order valence-corrected chi connectivity index (χ3v) is 2.22. The Labute approximate surface area is 89.7 Å². The van der Waals surface area contributed by atoms with Gasteiger partial charge in [-0.25, -0.2) is 0 Å². The van der Waals surface area contributed by atoms with Crippen LogP contribution in [0.1, 0.15) is 31.1 Å². The highest BCUT2D eigenvalue weighted by molar-refractivity contribution is 5.66. The summed E-state index contributed by atoms with van der Waals surface area (Å²) in [5.41, 5.74) is 1.89. The van der Waals surface area contributed by atoms with E-state index in [0.717, 1.165) is 11.1 Å². The maximum absolute atomic E-state index is 10.7. The van der Waals surface area contributed by atoms with Crippen LogP contribution in [0.3, 0.4) is 0 Å². The van der Waals surface area contributed by atoms with Crippen molar-refractivity contribution in [3.8, 4) is 0 Å². The molecule has 3 nitrogen and oxygen atoms in total. The van der Waals surface area contributed by atoms with Crippen LogP contribution in [0.15, 0.2) is 24.3 Å². The molecule has 0 amide bonds. The molecule has 1 aromatic rings. The second kappa shape index (κ2) is 4.94. The van der Waals surface area contributed by atoms with E-state index in [4.69, 9.17) is 4.74 Å². The van der Waals surface area contributed by atoms with E-state index in [9.17, 15) is 9.90 Å². The molecule has 0 heterocycles. The first kappa shape index (κ1) is 11.7. The fraction of sp³-hybridized carbons (Fsp3) is 0.417. The molecule has 0 aliphatic carbocycles. The molecule has 0 saturated heterocycles. The van der Waals surface area contributed by atoms with Gasteiger partial charge in [0.15, 0.2) is 0 Å². The summed E-state index contributed by atoms with van der Waals surface area (Å²) in [6, 6.07) is 7.50. The van der Waals surface area contributed by atoms with E-state index in [1.165, 1.54) is 6.92 Å². The third kappa shape index (κ3) is 3.36. The van der Waals surface area contributed by atoms with Gasteiger partial charge in [0.25, 0.3) is 0 Å². The Kier molecular flexibility index (Phi) is 3.86. The number of rotatable bonds is 3. The molecule has 0 aliphatic heterocycles. The van der Waals surface area contributed by atoms with Crippen molar-refractivity contribution in [3.63, 3.8) is 0 Å². The molecule has 1 N–H and O–H groups in total. The second-order valence-corrected chi connectivity index (χ2v) is 3.67. The van der Waals surface area contributed by atoms with E-state index in [1.807, 2.05) is 31.2 Å². The normalized spacial score (nSPS) is 14.4. The van der Waals surface area contributed by atoms with E-state index in [2.05, 4.69) is 0 Å². The minimum atomic E-state index is -0.769. The van der Waals surface area contributed by atoms with Crippen molar-refractivity contribution in [2.24, 2.45) is 0 Å². The third-order valence-electron chi connectivity index (χ3n) is 2.22. The number of hydrogen-bond donors (Lipinski definition) is 1. The van der Waals surface area contributed by atoms with Crippen molar-refractivity contribution >= 4 is 5.97 Å². The fourth-order valence-electron chi connectivity index (χ4n) is 1.36. The van der Waals surface area contributed by atoms with Gasteiger partial charge in [0, 0.05) is 6.92 Å². The molecule has 0 spiro atoms. The summed E-state index contributed by atoms with van der Waals surface area (Å²) in [5, 5.41) is 9.85. The molecule has 0 fully saturated rings. The first-order chi connectivity index (χ1) is 7.00. The Balaban J connectivity index is 2.71. The molecule has 1 unspecified atom stereocenters. The lowest BCUT2D eigenvalue weighted by Crippen LogP contribution is -2.21. The Bertz CT molecular complexity index is 329. The lowest BCUT2D eigenvalue weighted by Gasteiger charge is -2.18. The molecular formula is C12H16O3. The Morgan fingerprint density at radius 1 is 1.33 bits per heavy atom. The van der Waals surface area contributed by atoms with Crippen molar-refractivity contribution in [2.45, 2.75) is 33.0 Å². The minimum Gasteiger partial charge on any atom is -0.460 e. The molecule has 0 aromatic heterocycles. The first-order valence-corrected chi connectivity index (χ1v) is 4.92. The topological polar surface area (TPSA) is 46.5 Å². The first-order valence-electron chi connectivity index (χ1n) is 4.92. The van der Waals surface area contributed by atoms with Crippen molar-refractivity contribution in [3.05, 3.63) is 35.4 Å². The smallest absolute Gasteiger partial charge is 0.302 e. The average molecular weight is 208 g/mol. The molecule has 0 aliphatic rings. The second-order valence-electron chi connectivity index (χ2n) is 3.67. The van der Waals surface area contributed by atoms with Crippen LogP contribution >= 0.6 is 0 Å². The van der Waals surface area contributed by atoms with Crippen molar-refractivity contribution < 1.29 is 14.6 Å². The number of aryl methyl sites for hydroxylation is 1. The molecule has 2 atom stereocenters. The fourth-order valence-corrected chi connectivity index (χ4v) is 1.36. The SMILES string of the molecule is CC(=O)O[C@@H](C)C(O)c1ccc(C)cc1. The van der Waals surface area contributed by atoms with Crippen LogP contribution in [0.2, 0.25) is 0 Å². The van der Waals surface area contributed by atoms with E-state index in [1.54, 1.807) is 6.92 Å². The highest BCUT2D eigenvalue weighted by Gasteiger charge is 2.18. The van der Waals surface area contributed by atoms with Crippen molar-refractivity contribution in [1.82, 2.24) is 0 Å². The van der Waals surface area contributed by atoms with Crippen molar-refractivity contribution in [1.29, 1.82) is 0 Å². The number of carbonyl (C=O) groups is 1. The van der Waals surface area contributed by atoms with Crippen LogP contribution in [0.5, 0.6) is 0 Å². The van der Waals surface area contributed by atoms with Gasteiger partial charge in [0.2, 0.25) is 0 Å². The van der Waals surface area contributed by atoms with E-state index in [-0.39, 0.29) is 5.97 Å². The highest BCUT2D eigenvalue weighted by atomic mass is 16.6.